The number of rotatable bonds is 8. The van der Waals surface area contributed by atoms with Crippen LogP contribution < -0.4 is 16.2 Å². The SMILES string of the molecule is CCCCCCCOc1ncc(N)cc1C(N)=O. The largest absolute Gasteiger partial charge is 0.477 e. The van der Waals surface area contributed by atoms with E-state index in [4.69, 9.17) is 16.2 Å². The summed E-state index contributed by atoms with van der Waals surface area (Å²) in [5, 5.41) is 0. The lowest BCUT2D eigenvalue weighted by Gasteiger charge is -2.08. The van der Waals surface area contributed by atoms with Crippen molar-refractivity contribution in [3.05, 3.63) is 17.8 Å². The number of ether oxygens (including phenoxy) is 1. The van der Waals surface area contributed by atoms with Gasteiger partial charge in [-0.15, -0.1) is 0 Å². The van der Waals surface area contributed by atoms with Crippen molar-refractivity contribution in [1.82, 2.24) is 4.98 Å². The standard InChI is InChI=1S/C13H21N3O2/c1-2-3-4-5-6-7-18-13-11(12(15)17)8-10(14)9-16-13/h8-9H,2-7,14H2,1H3,(H2,15,17). The fourth-order valence-corrected chi connectivity index (χ4v) is 1.63. The molecule has 0 saturated heterocycles. The van der Waals surface area contributed by atoms with E-state index in [9.17, 15) is 4.79 Å². The van der Waals surface area contributed by atoms with E-state index in [-0.39, 0.29) is 11.4 Å². The molecule has 1 amide bonds. The van der Waals surface area contributed by atoms with Crippen molar-refractivity contribution in [3.63, 3.8) is 0 Å². The average Bonchev–Trinajstić information content (AvgIpc) is 2.35. The third-order valence-electron chi connectivity index (χ3n) is 2.62. The summed E-state index contributed by atoms with van der Waals surface area (Å²) in [5.41, 5.74) is 11.4. The van der Waals surface area contributed by atoms with E-state index in [0.717, 1.165) is 12.8 Å². The average molecular weight is 251 g/mol. The molecule has 18 heavy (non-hydrogen) atoms. The molecule has 1 rings (SSSR count). The highest BCUT2D eigenvalue weighted by atomic mass is 16.5. The van der Waals surface area contributed by atoms with Crippen LogP contribution in [0.5, 0.6) is 5.88 Å². The molecular formula is C13H21N3O2. The fraction of sp³-hybridized carbons (Fsp3) is 0.538. The van der Waals surface area contributed by atoms with Gasteiger partial charge < -0.3 is 16.2 Å². The second-order valence-corrected chi connectivity index (χ2v) is 4.25. The first-order chi connectivity index (χ1) is 8.65. The number of unbranched alkanes of at least 4 members (excludes halogenated alkanes) is 4. The first-order valence-corrected chi connectivity index (χ1v) is 6.33. The molecule has 1 heterocycles. The minimum absolute atomic E-state index is 0.239. The van der Waals surface area contributed by atoms with Crippen molar-refractivity contribution in [2.75, 3.05) is 12.3 Å². The molecule has 0 unspecified atom stereocenters. The molecule has 0 radical (unpaired) electrons. The van der Waals surface area contributed by atoms with Crippen LogP contribution >= 0.6 is 0 Å². The number of amides is 1. The number of aromatic nitrogens is 1. The Morgan fingerprint density at radius 1 is 1.33 bits per heavy atom. The monoisotopic (exact) mass is 251 g/mol. The zero-order valence-electron chi connectivity index (χ0n) is 10.8. The smallest absolute Gasteiger partial charge is 0.254 e. The Hall–Kier alpha value is -1.78. The quantitative estimate of drug-likeness (QED) is 0.692. The van der Waals surface area contributed by atoms with Crippen LogP contribution in [0, 0.1) is 0 Å². The highest BCUT2D eigenvalue weighted by Gasteiger charge is 2.11. The Morgan fingerprint density at radius 2 is 2.06 bits per heavy atom. The number of nitrogens with two attached hydrogens (primary N) is 2. The first-order valence-electron chi connectivity index (χ1n) is 6.33. The summed E-state index contributed by atoms with van der Waals surface area (Å²) in [7, 11) is 0. The zero-order valence-corrected chi connectivity index (χ0v) is 10.8. The Labute approximate surface area is 108 Å². The van der Waals surface area contributed by atoms with E-state index in [1.54, 1.807) is 0 Å². The number of nitrogen functional groups attached to an aromatic ring is 1. The summed E-state index contributed by atoms with van der Waals surface area (Å²) < 4.78 is 5.47. The maximum Gasteiger partial charge on any atom is 0.254 e. The molecule has 5 nitrogen and oxygen atoms in total. The second kappa shape index (κ2) is 7.53. The molecule has 5 heteroatoms. The van der Waals surface area contributed by atoms with Gasteiger partial charge in [0.05, 0.1) is 18.5 Å². The van der Waals surface area contributed by atoms with Crippen molar-refractivity contribution in [2.24, 2.45) is 5.73 Å². The van der Waals surface area contributed by atoms with Crippen molar-refractivity contribution in [1.29, 1.82) is 0 Å². The van der Waals surface area contributed by atoms with Gasteiger partial charge in [-0.25, -0.2) is 4.98 Å². The van der Waals surface area contributed by atoms with E-state index < -0.39 is 5.91 Å². The van der Waals surface area contributed by atoms with Crippen LogP contribution in [0.1, 0.15) is 49.4 Å². The Kier molecular flexibility index (Phi) is 5.97. The van der Waals surface area contributed by atoms with E-state index in [1.807, 2.05) is 0 Å². The van der Waals surface area contributed by atoms with Gasteiger partial charge in [-0.05, 0) is 12.5 Å². The summed E-state index contributed by atoms with van der Waals surface area (Å²) in [6, 6.07) is 1.49. The molecule has 0 aromatic carbocycles. The summed E-state index contributed by atoms with van der Waals surface area (Å²) in [6.45, 7) is 2.72. The van der Waals surface area contributed by atoms with Crippen LogP contribution in [-0.4, -0.2) is 17.5 Å². The van der Waals surface area contributed by atoms with Gasteiger partial charge in [0, 0.05) is 0 Å². The summed E-state index contributed by atoms with van der Waals surface area (Å²) in [4.78, 5) is 15.2. The second-order valence-electron chi connectivity index (χ2n) is 4.25. The molecule has 100 valence electrons. The molecule has 1 aromatic rings. The van der Waals surface area contributed by atoms with Gasteiger partial charge in [-0.2, -0.15) is 0 Å². The van der Waals surface area contributed by atoms with Gasteiger partial charge in [0.2, 0.25) is 5.88 Å². The van der Waals surface area contributed by atoms with Gasteiger partial charge in [-0.1, -0.05) is 32.6 Å². The van der Waals surface area contributed by atoms with Gasteiger partial charge in [-0.3, -0.25) is 4.79 Å². The number of nitrogens with zero attached hydrogens (tertiary/aromatic N) is 1. The third kappa shape index (κ3) is 4.61. The van der Waals surface area contributed by atoms with E-state index in [0.29, 0.717) is 12.3 Å². The third-order valence-corrected chi connectivity index (χ3v) is 2.62. The summed E-state index contributed by atoms with van der Waals surface area (Å²) in [6.07, 6.45) is 7.19. The predicted molar refractivity (Wildman–Crippen MR) is 71.4 cm³/mol. The number of primary amides is 1. The molecule has 0 bridgehead atoms. The lowest BCUT2D eigenvalue weighted by molar-refractivity contribution is 0.0995. The van der Waals surface area contributed by atoms with Crippen LogP contribution in [0.15, 0.2) is 12.3 Å². The number of carbonyl (C=O) groups is 1. The first kappa shape index (κ1) is 14.3. The molecule has 1 aromatic heterocycles. The molecule has 0 spiro atoms. The molecular weight excluding hydrogens is 230 g/mol. The van der Waals surface area contributed by atoms with Gasteiger partial charge >= 0.3 is 0 Å². The minimum atomic E-state index is -0.573. The Balaban J connectivity index is 2.44. The number of carbonyl (C=O) groups excluding carboxylic acids is 1. The van der Waals surface area contributed by atoms with E-state index in [1.165, 1.54) is 31.5 Å². The van der Waals surface area contributed by atoms with Crippen molar-refractivity contribution >= 4 is 11.6 Å². The number of pyridine rings is 1. The minimum Gasteiger partial charge on any atom is -0.477 e. The van der Waals surface area contributed by atoms with Gasteiger partial charge in [0.25, 0.3) is 5.91 Å². The van der Waals surface area contributed by atoms with Crippen LogP contribution in [0.2, 0.25) is 0 Å². The Morgan fingerprint density at radius 3 is 2.72 bits per heavy atom. The van der Waals surface area contributed by atoms with Crippen LogP contribution in [0.3, 0.4) is 0 Å². The predicted octanol–water partition coefficient (Wildman–Crippen LogP) is 2.11. The van der Waals surface area contributed by atoms with Crippen LogP contribution in [0.4, 0.5) is 5.69 Å². The molecule has 0 atom stereocenters. The van der Waals surface area contributed by atoms with Crippen molar-refractivity contribution < 1.29 is 9.53 Å². The molecule has 0 aliphatic heterocycles. The fourth-order valence-electron chi connectivity index (χ4n) is 1.63. The topological polar surface area (TPSA) is 91.2 Å². The lowest BCUT2D eigenvalue weighted by atomic mass is 10.2. The Bertz CT molecular complexity index is 394. The van der Waals surface area contributed by atoms with Crippen molar-refractivity contribution in [3.8, 4) is 5.88 Å². The summed E-state index contributed by atoms with van der Waals surface area (Å²) >= 11 is 0. The molecule has 4 N–H and O–H groups in total. The van der Waals surface area contributed by atoms with Gasteiger partial charge in [0.15, 0.2) is 0 Å². The zero-order chi connectivity index (χ0) is 13.4. The molecule has 0 aliphatic carbocycles. The molecule has 0 aliphatic rings. The van der Waals surface area contributed by atoms with Crippen molar-refractivity contribution in [2.45, 2.75) is 39.0 Å². The summed E-state index contributed by atoms with van der Waals surface area (Å²) in [5.74, 6) is -0.303. The number of anilines is 1. The highest BCUT2D eigenvalue weighted by molar-refractivity contribution is 5.95. The van der Waals surface area contributed by atoms with Crippen LogP contribution in [-0.2, 0) is 0 Å². The van der Waals surface area contributed by atoms with Crippen LogP contribution in [0.25, 0.3) is 0 Å². The number of hydrogen-bond donors (Lipinski definition) is 2. The van der Waals surface area contributed by atoms with E-state index in [2.05, 4.69) is 11.9 Å². The maximum atomic E-state index is 11.2. The highest BCUT2D eigenvalue weighted by Crippen LogP contribution is 2.17. The number of hydrogen-bond acceptors (Lipinski definition) is 4. The lowest BCUT2D eigenvalue weighted by Crippen LogP contribution is -2.15. The van der Waals surface area contributed by atoms with E-state index >= 15 is 0 Å². The normalized spacial score (nSPS) is 10.3. The maximum absolute atomic E-state index is 11.2. The molecule has 0 fully saturated rings. The molecule has 0 saturated carbocycles. The van der Waals surface area contributed by atoms with Gasteiger partial charge in [0.1, 0.15) is 5.56 Å².